The molecule has 1 aromatic carbocycles. The van der Waals surface area contributed by atoms with Crippen LogP contribution in [0.4, 0.5) is 15.9 Å². The summed E-state index contributed by atoms with van der Waals surface area (Å²) in [6.07, 6.45) is 4.36. The first-order valence-electron chi connectivity index (χ1n) is 8.38. The third kappa shape index (κ3) is 5.26. The molecule has 2 heterocycles. The largest absolute Gasteiger partial charge is 0.389 e. The molecule has 3 rings (SSSR count). The molecule has 0 saturated carbocycles. The number of nitrogens with one attached hydrogen (secondary N) is 2. The highest BCUT2D eigenvalue weighted by Gasteiger charge is 2.05. The van der Waals surface area contributed by atoms with Crippen LogP contribution >= 0.6 is 11.3 Å². The van der Waals surface area contributed by atoms with Gasteiger partial charge in [-0.2, -0.15) is 0 Å². The van der Waals surface area contributed by atoms with Gasteiger partial charge in [0.15, 0.2) is 0 Å². The zero-order chi connectivity index (χ0) is 19.1. The van der Waals surface area contributed by atoms with Gasteiger partial charge in [-0.1, -0.05) is 11.8 Å². The van der Waals surface area contributed by atoms with Crippen molar-refractivity contribution in [2.45, 2.75) is 6.10 Å². The van der Waals surface area contributed by atoms with Gasteiger partial charge in [-0.25, -0.2) is 14.4 Å². The van der Waals surface area contributed by atoms with E-state index in [1.165, 1.54) is 11.3 Å². The molecule has 0 aliphatic carbocycles. The van der Waals surface area contributed by atoms with Crippen molar-refractivity contribution in [1.29, 1.82) is 0 Å². The SMILES string of the molecule is CNc1ccc(C#C/C=C/c2nc3ccc(NCC(O)CF)cc3s2)cn1. The molecular formula is C20H19FN4OS. The van der Waals surface area contributed by atoms with Crippen LogP contribution < -0.4 is 10.6 Å². The van der Waals surface area contributed by atoms with Crippen molar-refractivity contribution in [1.82, 2.24) is 9.97 Å². The van der Waals surface area contributed by atoms with E-state index in [0.717, 1.165) is 32.3 Å². The molecule has 0 aliphatic rings. The molecule has 0 amide bonds. The van der Waals surface area contributed by atoms with Crippen molar-refractivity contribution in [3.63, 3.8) is 0 Å². The number of fused-ring (bicyclic) bond motifs is 1. The molecule has 138 valence electrons. The summed E-state index contributed by atoms with van der Waals surface area (Å²) in [7, 11) is 1.82. The molecule has 3 N–H and O–H groups in total. The lowest BCUT2D eigenvalue weighted by Gasteiger charge is -2.09. The topological polar surface area (TPSA) is 70.1 Å². The highest BCUT2D eigenvalue weighted by Crippen LogP contribution is 2.26. The standard InChI is InChI=1S/C20H19FN4OS/c1-22-19-9-6-14(12-24-19)4-2-3-5-20-25-17-8-7-15(10-18(17)27-20)23-13-16(26)11-21/h3,5-10,12,16,23,26H,11,13H2,1H3,(H,22,24)/b5-3+. The van der Waals surface area contributed by atoms with Gasteiger partial charge >= 0.3 is 0 Å². The Kier molecular flexibility index (Phi) is 6.36. The summed E-state index contributed by atoms with van der Waals surface area (Å²) < 4.78 is 13.3. The van der Waals surface area contributed by atoms with Gasteiger partial charge in [0, 0.05) is 31.0 Å². The molecule has 27 heavy (non-hydrogen) atoms. The number of pyridine rings is 1. The molecule has 1 unspecified atom stereocenters. The number of anilines is 2. The van der Waals surface area contributed by atoms with Crippen LogP contribution in [0.5, 0.6) is 0 Å². The molecule has 2 aromatic heterocycles. The van der Waals surface area contributed by atoms with Crippen LogP contribution in [0.2, 0.25) is 0 Å². The van der Waals surface area contributed by atoms with E-state index in [2.05, 4.69) is 32.4 Å². The molecule has 0 spiro atoms. The van der Waals surface area contributed by atoms with E-state index >= 15 is 0 Å². The van der Waals surface area contributed by atoms with E-state index in [0.29, 0.717) is 0 Å². The van der Waals surface area contributed by atoms with Crippen molar-refractivity contribution in [3.8, 4) is 11.8 Å². The number of thiazole rings is 1. The molecule has 0 aliphatic heterocycles. The molecule has 7 heteroatoms. The molecule has 5 nitrogen and oxygen atoms in total. The predicted octanol–water partition coefficient (Wildman–Crippen LogP) is 3.54. The summed E-state index contributed by atoms with van der Waals surface area (Å²) in [5, 5.41) is 16.1. The summed E-state index contributed by atoms with van der Waals surface area (Å²) >= 11 is 1.54. The van der Waals surface area contributed by atoms with Gasteiger partial charge in [0.25, 0.3) is 0 Å². The minimum absolute atomic E-state index is 0.174. The molecule has 0 bridgehead atoms. The number of allylic oxidation sites excluding steroid dienone is 1. The molecule has 0 fully saturated rings. The number of aliphatic hydroxyl groups is 1. The number of aromatic nitrogens is 2. The van der Waals surface area contributed by atoms with Gasteiger partial charge < -0.3 is 15.7 Å². The van der Waals surface area contributed by atoms with E-state index in [1.54, 1.807) is 12.3 Å². The highest BCUT2D eigenvalue weighted by molar-refractivity contribution is 7.19. The second-order valence-electron chi connectivity index (χ2n) is 5.71. The Balaban J connectivity index is 1.66. The number of nitrogens with zero attached hydrogens (tertiary/aromatic N) is 2. The lowest BCUT2D eigenvalue weighted by Crippen LogP contribution is -2.21. The molecule has 0 saturated heterocycles. The quantitative estimate of drug-likeness (QED) is 0.569. The average Bonchev–Trinajstić information content (AvgIpc) is 3.11. The number of rotatable bonds is 6. The third-order valence-corrected chi connectivity index (χ3v) is 4.65. The van der Waals surface area contributed by atoms with Gasteiger partial charge in [-0.3, -0.25) is 0 Å². The fourth-order valence-electron chi connectivity index (χ4n) is 2.27. The first-order valence-corrected chi connectivity index (χ1v) is 9.20. The Hall–Kier alpha value is -2.95. The smallest absolute Gasteiger partial charge is 0.125 e. The van der Waals surface area contributed by atoms with Crippen LogP contribution in [0.3, 0.4) is 0 Å². The number of alkyl halides is 1. The molecular weight excluding hydrogens is 363 g/mol. The Bertz CT molecular complexity index is 989. The van der Waals surface area contributed by atoms with E-state index in [1.807, 2.05) is 43.5 Å². The minimum Gasteiger partial charge on any atom is -0.389 e. The van der Waals surface area contributed by atoms with Crippen molar-refractivity contribution < 1.29 is 9.50 Å². The zero-order valence-electron chi connectivity index (χ0n) is 14.7. The summed E-state index contributed by atoms with van der Waals surface area (Å²) in [4.78, 5) is 8.75. The summed E-state index contributed by atoms with van der Waals surface area (Å²) in [6, 6.07) is 9.48. The van der Waals surface area contributed by atoms with E-state index in [-0.39, 0.29) is 6.54 Å². The van der Waals surface area contributed by atoms with Crippen molar-refractivity contribution in [2.24, 2.45) is 0 Å². The van der Waals surface area contributed by atoms with Crippen LogP contribution in [0.15, 0.2) is 42.6 Å². The maximum Gasteiger partial charge on any atom is 0.125 e. The van der Waals surface area contributed by atoms with Crippen LogP contribution in [0, 0.1) is 11.8 Å². The van der Waals surface area contributed by atoms with E-state index < -0.39 is 12.8 Å². The van der Waals surface area contributed by atoms with Gasteiger partial charge in [-0.05, 0) is 42.5 Å². The first kappa shape index (κ1) is 18.8. The molecule has 0 radical (unpaired) electrons. The molecule has 1 atom stereocenters. The van der Waals surface area contributed by atoms with E-state index in [9.17, 15) is 9.50 Å². The highest BCUT2D eigenvalue weighted by atomic mass is 32.1. The predicted molar refractivity (Wildman–Crippen MR) is 110 cm³/mol. The normalized spacial score (nSPS) is 12.0. The zero-order valence-corrected chi connectivity index (χ0v) is 15.6. The summed E-state index contributed by atoms with van der Waals surface area (Å²) in [6.45, 7) is -0.588. The maximum absolute atomic E-state index is 12.3. The first-order chi connectivity index (χ1) is 13.2. The fraction of sp³-hybridized carbons (Fsp3) is 0.200. The van der Waals surface area contributed by atoms with E-state index in [4.69, 9.17) is 0 Å². The second-order valence-corrected chi connectivity index (χ2v) is 6.77. The van der Waals surface area contributed by atoms with Crippen molar-refractivity contribution in [2.75, 3.05) is 30.9 Å². The number of hydrogen-bond acceptors (Lipinski definition) is 6. The summed E-state index contributed by atoms with van der Waals surface area (Å²) in [5.74, 6) is 6.81. The van der Waals surface area contributed by atoms with Crippen molar-refractivity contribution >= 4 is 39.1 Å². The van der Waals surface area contributed by atoms with Crippen LogP contribution in [0.1, 0.15) is 10.6 Å². The number of halogens is 1. The van der Waals surface area contributed by atoms with Crippen molar-refractivity contribution in [3.05, 3.63) is 53.2 Å². The van der Waals surface area contributed by atoms with Crippen LogP contribution in [-0.2, 0) is 0 Å². The Morgan fingerprint density at radius 2 is 2.22 bits per heavy atom. The lowest BCUT2D eigenvalue weighted by atomic mass is 10.3. The Morgan fingerprint density at radius 1 is 1.33 bits per heavy atom. The Labute approximate surface area is 161 Å². The van der Waals surface area contributed by atoms with Gasteiger partial charge in [-0.15, -0.1) is 11.3 Å². The van der Waals surface area contributed by atoms with Gasteiger partial charge in [0.1, 0.15) is 17.5 Å². The molecule has 3 aromatic rings. The Morgan fingerprint density at radius 3 is 2.96 bits per heavy atom. The van der Waals surface area contributed by atoms with Gasteiger partial charge in [0.05, 0.1) is 16.3 Å². The average molecular weight is 382 g/mol. The van der Waals surface area contributed by atoms with Gasteiger partial charge in [0.2, 0.25) is 0 Å². The van der Waals surface area contributed by atoms with Crippen LogP contribution in [0.25, 0.3) is 16.3 Å². The number of benzene rings is 1. The maximum atomic E-state index is 12.3. The lowest BCUT2D eigenvalue weighted by molar-refractivity contribution is 0.151. The number of hydrogen-bond donors (Lipinski definition) is 3. The van der Waals surface area contributed by atoms with Crippen LogP contribution in [-0.4, -0.2) is 41.4 Å². The second kappa shape index (κ2) is 9.12. The monoisotopic (exact) mass is 382 g/mol. The fourth-order valence-corrected chi connectivity index (χ4v) is 3.18. The summed E-state index contributed by atoms with van der Waals surface area (Å²) in [5.41, 5.74) is 2.55. The number of aliphatic hydroxyl groups excluding tert-OH is 1. The minimum atomic E-state index is -0.996. The third-order valence-electron chi connectivity index (χ3n) is 3.67.